The van der Waals surface area contributed by atoms with Crippen LogP contribution in [0.1, 0.15) is 29.9 Å². The number of hydrogen-bond acceptors (Lipinski definition) is 7. The normalized spacial score (nSPS) is 18.7. The smallest absolute Gasteiger partial charge is 0.296 e. The van der Waals surface area contributed by atoms with E-state index in [1.165, 1.54) is 11.2 Å². The van der Waals surface area contributed by atoms with Crippen LogP contribution in [0, 0.1) is 0 Å². The van der Waals surface area contributed by atoms with Crippen molar-refractivity contribution in [2.24, 2.45) is 0 Å². The lowest BCUT2D eigenvalue weighted by Crippen LogP contribution is -2.29. The summed E-state index contributed by atoms with van der Waals surface area (Å²) in [6, 6.07) is 14.6. The molecule has 0 bridgehead atoms. The van der Waals surface area contributed by atoms with Crippen LogP contribution in [-0.2, 0) is 16.1 Å². The highest BCUT2D eigenvalue weighted by atomic mass is 16.7. The number of furan rings is 1. The van der Waals surface area contributed by atoms with Gasteiger partial charge < -0.3 is 28.6 Å². The molecule has 2 aromatic carbocycles. The quantitative estimate of drug-likeness (QED) is 0.346. The fourth-order valence-electron chi connectivity index (χ4n) is 4.07. The van der Waals surface area contributed by atoms with Gasteiger partial charge in [-0.15, -0.1) is 0 Å². The lowest BCUT2D eigenvalue weighted by atomic mass is 9.95. The third-order valence-electron chi connectivity index (χ3n) is 5.60. The number of ether oxygens (including phenoxy) is 3. The van der Waals surface area contributed by atoms with Gasteiger partial charge in [0.05, 0.1) is 31.0 Å². The van der Waals surface area contributed by atoms with Crippen molar-refractivity contribution in [3.63, 3.8) is 0 Å². The van der Waals surface area contributed by atoms with Crippen LogP contribution in [0.25, 0.3) is 5.76 Å². The van der Waals surface area contributed by atoms with Gasteiger partial charge in [0.1, 0.15) is 17.3 Å². The van der Waals surface area contributed by atoms with E-state index in [-0.39, 0.29) is 24.7 Å². The summed E-state index contributed by atoms with van der Waals surface area (Å²) < 4.78 is 21.6. The maximum absolute atomic E-state index is 13.1. The first-order valence-corrected chi connectivity index (χ1v) is 10.5. The Morgan fingerprint density at radius 2 is 1.88 bits per heavy atom. The third-order valence-corrected chi connectivity index (χ3v) is 5.60. The van der Waals surface area contributed by atoms with Crippen molar-refractivity contribution < 1.29 is 33.3 Å². The zero-order valence-corrected chi connectivity index (χ0v) is 17.8. The zero-order valence-electron chi connectivity index (χ0n) is 17.8. The molecule has 33 heavy (non-hydrogen) atoms. The second-order valence-electron chi connectivity index (χ2n) is 7.58. The Morgan fingerprint density at radius 3 is 2.61 bits per heavy atom. The molecular weight excluding hydrogens is 426 g/mol. The van der Waals surface area contributed by atoms with Gasteiger partial charge >= 0.3 is 0 Å². The summed E-state index contributed by atoms with van der Waals surface area (Å²) >= 11 is 0. The summed E-state index contributed by atoms with van der Waals surface area (Å²) in [5.74, 6) is 0.431. The average Bonchev–Trinajstić information content (AvgIpc) is 3.56. The van der Waals surface area contributed by atoms with E-state index in [4.69, 9.17) is 18.6 Å². The van der Waals surface area contributed by atoms with Crippen LogP contribution < -0.4 is 14.2 Å². The molecule has 0 saturated carbocycles. The van der Waals surface area contributed by atoms with Crippen molar-refractivity contribution in [2.75, 3.05) is 13.4 Å². The average molecular weight is 447 g/mol. The molecule has 3 heterocycles. The van der Waals surface area contributed by atoms with Crippen LogP contribution in [-0.4, -0.2) is 35.1 Å². The maximum Gasteiger partial charge on any atom is 0.296 e. The molecule has 1 N–H and O–H groups in total. The Kier molecular flexibility index (Phi) is 5.26. The molecule has 2 aliphatic rings. The van der Waals surface area contributed by atoms with E-state index in [1.807, 2.05) is 6.92 Å². The van der Waals surface area contributed by atoms with Crippen LogP contribution in [0.3, 0.4) is 0 Å². The molecule has 1 amide bonds. The number of likely N-dealkylation sites (tertiary alicyclic amines) is 1. The number of aliphatic hydroxyl groups is 1. The highest BCUT2D eigenvalue weighted by Crippen LogP contribution is 2.42. The SMILES string of the molecule is CCOc1ccc(C2/C(=C(/O)c3ccc4c(c3)OCO4)C(=O)C(=O)N2Cc2ccco2)cc1. The molecular formula is C25H21NO7. The molecule has 3 aromatic rings. The molecule has 0 aliphatic carbocycles. The molecule has 1 atom stereocenters. The number of aliphatic hydroxyl groups excluding tert-OH is 1. The number of carbonyl (C=O) groups excluding carboxylic acids is 2. The molecule has 168 valence electrons. The Labute approximate surface area is 189 Å². The summed E-state index contributed by atoms with van der Waals surface area (Å²) in [6.45, 7) is 2.56. The number of Topliss-reactive ketones (excluding diaryl/α,β-unsaturated/α-hetero) is 1. The van der Waals surface area contributed by atoms with E-state index in [1.54, 1.807) is 54.6 Å². The van der Waals surface area contributed by atoms with Gasteiger partial charge in [-0.3, -0.25) is 9.59 Å². The molecule has 1 unspecified atom stereocenters. The molecule has 1 saturated heterocycles. The fraction of sp³-hybridized carbons (Fsp3) is 0.200. The van der Waals surface area contributed by atoms with Gasteiger partial charge in [0.25, 0.3) is 11.7 Å². The first-order chi connectivity index (χ1) is 16.1. The van der Waals surface area contributed by atoms with Crippen molar-refractivity contribution >= 4 is 17.4 Å². The Hall–Kier alpha value is -4.20. The lowest BCUT2D eigenvalue weighted by Gasteiger charge is -2.24. The Bertz CT molecular complexity index is 1230. The van der Waals surface area contributed by atoms with Crippen LogP contribution in [0.15, 0.2) is 70.9 Å². The number of ketones is 1. The van der Waals surface area contributed by atoms with E-state index in [0.717, 1.165) is 0 Å². The highest BCUT2D eigenvalue weighted by Gasteiger charge is 2.46. The Morgan fingerprint density at radius 1 is 1.09 bits per heavy atom. The topological polar surface area (TPSA) is 98.4 Å². The number of fused-ring (bicyclic) bond motifs is 1. The fourth-order valence-corrected chi connectivity index (χ4v) is 4.07. The predicted octanol–water partition coefficient (Wildman–Crippen LogP) is 4.03. The standard InChI is InChI=1S/C25H21NO7/c1-2-30-17-8-5-15(6-9-17)22-21(23(27)16-7-10-19-20(12-16)33-14-32-19)24(28)25(29)26(22)13-18-4-3-11-31-18/h3-12,22,27H,2,13-14H2,1H3/b23-21-. The second-order valence-corrected chi connectivity index (χ2v) is 7.58. The zero-order chi connectivity index (χ0) is 22.9. The molecule has 0 spiro atoms. The minimum atomic E-state index is -0.809. The van der Waals surface area contributed by atoms with Crippen molar-refractivity contribution in [3.8, 4) is 17.2 Å². The van der Waals surface area contributed by atoms with E-state index >= 15 is 0 Å². The summed E-state index contributed by atoms with van der Waals surface area (Å²) in [5.41, 5.74) is 1.01. The van der Waals surface area contributed by atoms with Crippen molar-refractivity contribution in [2.45, 2.75) is 19.5 Å². The largest absolute Gasteiger partial charge is 0.507 e. The van der Waals surface area contributed by atoms with Gasteiger partial charge in [0.2, 0.25) is 6.79 Å². The van der Waals surface area contributed by atoms with Gasteiger partial charge in [-0.2, -0.15) is 0 Å². The van der Waals surface area contributed by atoms with Crippen LogP contribution >= 0.6 is 0 Å². The summed E-state index contributed by atoms with van der Waals surface area (Å²) in [7, 11) is 0. The minimum absolute atomic E-state index is 0.00502. The number of amides is 1. The molecule has 0 radical (unpaired) electrons. The molecule has 2 aliphatic heterocycles. The second kappa shape index (κ2) is 8.38. The lowest BCUT2D eigenvalue weighted by molar-refractivity contribution is -0.140. The van der Waals surface area contributed by atoms with E-state index in [0.29, 0.717) is 40.7 Å². The number of rotatable bonds is 6. The van der Waals surface area contributed by atoms with Gasteiger partial charge in [-0.1, -0.05) is 12.1 Å². The number of nitrogens with zero attached hydrogens (tertiary/aromatic N) is 1. The van der Waals surface area contributed by atoms with Crippen molar-refractivity contribution in [3.05, 3.63) is 83.3 Å². The maximum atomic E-state index is 13.1. The molecule has 8 heteroatoms. The number of hydrogen-bond donors (Lipinski definition) is 1. The first-order valence-electron chi connectivity index (χ1n) is 10.5. The summed E-state index contributed by atoms with van der Waals surface area (Å²) in [5, 5.41) is 11.2. The highest BCUT2D eigenvalue weighted by molar-refractivity contribution is 6.46. The monoisotopic (exact) mass is 447 g/mol. The molecule has 1 fully saturated rings. The van der Waals surface area contributed by atoms with Crippen LogP contribution in [0.5, 0.6) is 17.2 Å². The molecule has 8 nitrogen and oxygen atoms in total. The summed E-state index contributed by atoms with van der Waals surface area (Å²) in [6.07, 6.45) is 1.50. The van der Waals surface area contributed by atoms with E-state index in [9.17, 15) is 14.7 Å². The summed E-state index contributed by atoms with van der Waals surface area (Å²) in [4.78, 5) is 27.6. The third kappa shape index (κ3) is 3.69. The van der Waals surface area contributed by atoms with Crippen molar-refractivity contribution in [1.29, 1.82) is 0 Å². The van der Waals surface area contributed by atoms with Gasteiger partial charge in [0, 0.05) is 5.56 Å². The van der Waals surface area contributed by atoms with Gasteiger partial charge in [0.15, 0.2) is 11.5 Å². The molecule has 1 aromatic heterocycles. The molecule has 5 rings (SSSR count). The number of benzene rings is 2. The van der Waals surface area contributed by atoms with Crippen LogP contribution in [0.4, 0.5) is 0 Å². The van der Waals surface area contributed by atoms with E-state index < -0.39 is 17.7 Å². The van der Waals surface area contributed by atoms with Crippen molar-refractivity contribution in [1.82, 2.24) is 4.90 Å². The minimum Gasteiger partial charge on any atom is -0.507 e. The van der Waals surface area contributed by atoms with E-state index in [2.05, 4.69) is 0 Å². The first kappa shape index (κ1) is 20.7. The van der Waals surface area contributed by atoms with Gasteiger partial charge in [-0.05, 0) is 55.0 Å². The van der Waals surface area contributed by atoms with Crippen LogP contribution in [0.2, 0.25) is 0 Å². The van der Waals surface area contributed by atoms with Gasteiger partial charge in [-0.25, -0.2) is 0 Å². The predicted molar refractivity (Wildman–Crippen MR) is 117 cm³/mol. The number of carbonyl (C=O) groups is 2. The Balaban J connectivity index is 1.61.